The molecule has 1 aliphatic rings. The number of fused-ring (bicyclic) bond motifs is 1. The molecule has 0 spiro atoms. The van der Waals surface area contributed by atoms with Crippen LogP contribution in [0.15, 0.2) is 47.4 Å². The molecule has 10 heteroatoms. The molecule has 1 aromatic carbocycles. The summed E-state index contributed by atoms with van der Waals surface area (Å²) in [7, 11) is 0. The Morgan fingerprint density at radius 3 is 2.58 bits per heavy atom. The zero-order chi connectivity index (χ0) is 22.8. The van der Waals surface area contributed by atoms with Gasteiger partial charge in [-0.15, -0.1) is 10.1 Å². The Morgan fingerprint density at radius 2 is 1.94 bits per heavy atom. The number of aromatic nitrogens is 1. The fourth-order valence-electron chi connectivity index (χ4n) is 3.36. The Hall–Kier alpha value is -3.30. The lowest BCUT2D eigenvalue weighted by molar-refractivity contribution is -0.757. The molecule has 2 aromatic rings. The summed E-state index contributed by atoms with van der Waals surface area (Å²) >= 11 is 0. The Kier molecular flexibility index (Phi) is 6.10. The molecule has 0 fully saturated rings. The number of alkyl halides is 3. The molecule has 0 atom stereocenters. The zero-order valence-corrected chi connectivity index (χ0v) is 16.9. The van der Waals surface area contributed by atoms with E-state index in [-0.39, 0.29) is 17.9 Å². The van der Waals surface area contributed by atoms with Crippen molar-refractivity contribution in [3.05, 3.63) is 79.8 Å². The maximum Gasteiger partial charge on any atom is 0.416 e. The van der Waals surface area contributed by atoms with Crippen molar-refractivity contribution in [2.75, 3.05) is 6.61 Å². The third kappa shape index (κ3) is 5.44. The number of nitrogens with zero attached hydrogens (tertiary/aromatic N) is 2. The number of aryl methyl sites for hydroxylation is 1. The van der Waals surface area contributed by atoms with E-state index in [1.54, 1.807) is 26.0 Å². The number of hydrogen-bond donors (Lipinski definition) is 0. The molecule has 0 bridgehead atoms. The van der Waals surface area contributed by atoms with Crippen LogP contribution in [0.3, 0.4) is 0 Å². The molecule has 0 amide bonds. The molecule has 166 valence electrons. The summed E-state index contributed by atoms with van der Waals surface area (Å²) in [5.41, 5.74) is -0.835. The van der Waals surface area contributed by atoms with E-state index in [2.05, 4.69) is 4.84 Å². The summed E-state index contributed by atoms with van der Waals surface area (Å²) in [6, 6.07) is 6.30. The van der Waals surface area contributed by atoms with Gasteiger partial charge in [0.05, 0.1) is 17.9 Å². The van der Waals surface area contributed by atoms with Gasteiger partial charge in [-0.05, 0) is 69.0 Å². The van der Waals surface area contributed by atoms with Gasteiger partial charge in [0, 0.05) is 17.8 Å². The van der Waals surface area contributed by atoms with Crippen LogP contribution in [-0.4, -0.2) is 21.9 Å². The average Bonchev–Trinajstić information content (AvgIpc) is 2.65. The van der Waals surface area contributed by atoms with Gasteiger partial charge in [-0.25, -0.2) is 0 Å². The topological polar surface area (TPSA) is 83.6 Å². The minimum atomic E-state index is -4.53. The first-order valence-corrected chi connectivity index (χ1v) is 9.59. The Bertz CT molecular complexity index is 1070. The van der Waals surface area contributed by atoms with Crippen LogP contribution in [0.4, 0.5) is 13.2 Å². The quantitative estimate of drug-likeness (QED) is 0.362. The summed E-state index contributed by atoms with van der Waals surface area (Å²) in [5, 5.41) is 9.28. The lowest BCUT2D eigenvalue weighted by Crippen LogP contribution is -2.32. The van der Waals surface area contributed by atoms with E-state index in [0.717, 1.165) is 17.7 Å². The van der Waals surface area contributed by atoms with Crippen LogP contribution >= 0.6 is 0 Å². The van der Waals surface area contributed by atoms with Crippen LogP contribution in [0.5, 0.6) is 5.75 Å². The molecule has 0 unspecified atom stereocenters. The standard InChI is InChI=1S/C21H21F3N2O5/c1-20(2)13-17(16-12-15(21(22,23)24)6-7-18(16)31-20)25-9-8-14(11-19(25)27)5-3-4-10-30-26(28)29/h6-9,11-13H,3-5,10H2,1-2H3. The van der Waals surface area contributed by atoms with Gasteiger partial charge in [-0.3, -0.25) is 9.36 Å². The van der Waals surface area contributed by atoms with E-state index < -0.39 is 28.0 Å². The number of hydrogen-bond acceptors (Lipinski definition) is 5. The first kappa shape index (κ1) is 22.4. The fraction of sp³-hybridized carbons (Fsp3) is 0.381. The minimum absolute atomic E-state index is 0.0235. The SMILES string of the molecule is CC1(C)C=C(n2ccc(CCCCO[N+](=O)[O-])cc2=O)c2cc(C(F)(F)F)ccc2O1. The number of benzene rings is 1. The molecule has 0 saturated carbocycles. The van der Waals surface area contributed by atoms with Crippen molar-refractivity contribution >= 4 is 5.70 Å². The number of pyridine rings is 1. The Balaban J connectivity index is 1.88. The van der Waals surface area contributed by atoms with Crippen LogP contribution in [0.25, 0.3) is 5.70 Å². The van der Waals surface area contributed by atoms with E-state index >= 15 is 0 Å². The van der Waals surface area contributed by atoms with Gasteiger partial charge in [0.15, 0.2) is 0 Å². The van der Waals surface area contributed by atoms with Gasteiger partial charge in [-0.1, -0.05) is 0 Å². The molecule has 1 aromatic heterocycles. The van der Waals surface area contributed by atoms with Crippen molar-refractivity contribution in [2.24, 2.45) is 0 Å². The molecular formula is C21H21F3N2O5. The summed E-state index contributed by atoms with van der Waals surface area (Å²) in [6.07, 6.45) is 0.154. The van der Waals surface area contributed by atoms with E-state index in [1.165, 1.54) is 22.9 Å². The zero-order valence-electron chi connectivity index (χ0n) is 16.9. The highest BCUT2D eigenvalue weighted by Crippen LogP contribution is 2.40. The van der Waals surface area contributed by atoms with Gasteiger partial charge in [-0.2, -0.15) is 13.2 Å². The molecule has 0 radical (unpaired) electrons. The second-order valence-corrected chi connectivity index (χ2v) is 7.70. The van der Waals surface area contributed by atoms with E-state index in [1.807, 2.05) is 0 Å². The first-order valence-electron chi connectivity index (χ1n) is 9.59. The number of halogens is 3. The van der Waals surface area contributed by atoms with Crippen molar-refractivity contribution in [1.29, 1.82) is 0 Å². The van der Waals surface area contributed by atoms with E-state index in [4.69, 9.17) is 4.74 Å². The first-order chi connectivity index (χ1) is 14.5. The molecule has 0 aliphatic carbocycles. The van der Waals surface area contributed by atoms with Crippen LogP contribution < -0.4 is 10.3 Å². The summed E-state index contributed by atoms with van der Waals surface area (Å²) in [4.78, 5) is 27.1. The smallest absolute Gasteiger partial charge is 0.416 e. The van der Waals surface area contributed by atoms with Gasteiger partial charge >= 0.3 is 6.18 Å². The summed E-state index contributed by atoms with van der Waals surface area (Å²) < 4.78 is 46.7. The third-order valence-corrected chi connectivity index (χ3v) is 4.74. The van der Waals surface area contributed by atoms with Gasteiger partial charge in [0.2, 0.25) is 0 Å². The molecule has 7 nitrogen and oxygen atoms in total. The number of ether oxygens (including phenoxy) is 1. The molecule has 31 heavy (non-hydrogen) atoms. The van der Waals surface area contributed by atoms with Crippen LogP contribution in [0.2, 0.25) is 0 Å². The lowest BCUT2D eigenvalue weighted by atomic mass is 9.97. The maximum absolute atomic E-state index is 13.2. The van der Waals surface area contributed by atoms with Gasteiger partial charge < -0.3 is 9.57 Å². The largest absolute Gasteiger partial charge is 0.483 e. The van der Waals surface area contributed by atoms with Crippen LogP contribution in [0, 0.1) is 10.1 Å². The normalized spacial score (nSPS) is 14.9. The monoisotopic (exact) mass is 438 g/mol. The molecule has 1 aliphatic heterocycles. The number of unbranched alkanes of at least 4 members (excludes halogenated alkanes) is 1. The van der Waals surface area contributed by atoms with Crippen molar-refractivity contribution in [3.63, 3.8) is 0 Å². The highest BCUT2D eigenvalue weighted by atomic mass is 19.4. The predicted molar refractivity (Wildman–Crippen MR) is 106 cm³/mol. The molecule has 0 N–H and O–H groups in total. The number of rotatable bonds is 7. The predicted octanol–water partition coefficient (Wildman–Crippen LogP) is 4.46. The van der Waals surface area contributed by atoms with E-state index in [9.17, 15) is 28.1 Å². The fourth-order valence-corrected chi connectivity index (χ4v) is 3.36. The Morgan fingerprint density at radius 1 is 1.19 bits per heavy atom. The maximum atomic E-state index is 13.2. The second kappa shape index (κ2) is 8.44. The highest BCUT2D eigenvalue weighted by Gasteiger charge is 2.34. The molecular weight excluding hydrogens is 417 g/mol. The third-order valence-electron chi connectivity index (χ3n) is 4.74. The van der Waals surface area contributed by atoms with Crippen LogP contribution in [0.1, 0.15) is 43.4 Å². The van der Waals surface area contributed by atoms with Gasteiger partial charge in [0.25, 0.3) is 10.6 Å². The minimum Gasteiger partial charge on any atom is -0.483 e. The molecule has 0 saturated heterocycles. The van der Waals surface area contributed by atoms with E-state index in [0.29, 0.717) is 25.0 Å². The van der Waals surface area contributed by atoms with Gasteiger partial charge in [0.1, 0.15) is 11.4 Å². The van der Waals surface area contributed by atoms with Crippen LogP contribution in [-0.2, 0) is 17.4 Å². The lowest BCUT2D eigenvalue weighted by Gasteiger charge is -2.32. The summed E-state index contributed by atoms with van der Waals surface area (Å²) in [6.45, 7) is 3.48. The molecule has 3 rings (SSSR count). The van der Waals surface area contributed by atoms with Crippen molar-refractivity contribution in [3.8, 4) is 5.75 Å². The average molecular weight is 438 g/mol. The highest BCUT2D eigenvalue weighted by molar-refractivity contribution is 5.74. The Labute approximate surface area is 175 Å². The van der Waals surface area contributed by atoms with Crippen molar-refractivity contribution < 1.29 is 27.8 Å². The van der Waals surface area contributed by atoms with Crippen molar-refractivity contribution in [1.82, 2.24) is 4.57 Å². The van der Waals surface area contributed by atoms with Crippen molar-refractivity contribution in [2.45, 2.75) is 44.9 Å². The summed E-state index contributed by atoms with van der Waals surface area (Å²) in [5.74, 6) is 0.261. The second-order valence-electron chi connectivity index (χ2n) is 7.70. The molecule has 2 heterocycles.